The van der Waals surface area contributed by atoms with E-state index in [9.17, 15) is 55.2 Å². The predicted molar refractivity (Wildman–Crippen MR) is 149 cm³/mol. The molecule has 0 bridgehead atoms. The molecule has 0 aliphatic heterocycles. The van der Waals surface area contributed by atoms with Crippen molar-refractivity contribution in [2.24, 2.45) is 20.5 Å². The van der Waals surface area contributed by atoms with Gasteiger partial charge in [-0.05, 0) is 30.3 Å². The molecule has 0 saturated heterocycles. The van der Waals surface area contributed by atoms with E-state index in [0.717, 1.165) is 30.3 Å². The van der Waals surface area contributed by atoms with Crippen molar-refractivity contribution in [3.05, 3.63) is 52.6 Å². The van der Waals surface area contributed by atoms with Crippen LogP contribution in [-0.2, 0) is 43.9 Å². The molecule has 0 saturated carbocycles. The van der Waals surface area contributed by atoms with Crippen LogP contribution in [0.1, 0.15) is 0 Å². The third-order valence-corrected chi connectivity index (χ3v) is 8.83. The minimum absolute atomic E-state index is 0.208. The zero-order chi connectivity index (χ0) is 34.4. The third kappa shape index (κ3) is 9.32. The Morgan fingerprint density at radius 1 is 0.826 bits per heavy atom. The van der Waals surface area contributed by atoms with Gasteiger partial charge < -0.3 is 15.3 Å². The standard InChI is InChI=1S/C20H17N5O17S4/c26-15-4-3-13(22-23-14-7-10(25(29)30)8-17(19(14)27)45(34,35)36)20(28)18(15)24-21-12-2-1-11(9-16(12)43-42-41-31)44(32,33)6-5-40-46(37,38)39/h1-4,7-9,26-28,31H,5-6H2,(H,34,35,36)(H,37,38,39)/b23-22+,24-21+. The van der Waals surface area contributed by atoms with E-state index in [0.29, 0.717) is 12.1 Å². The normalized spacial score (nSPS) is 12.7. The van der Waals surface area contributed by atoms with Crippen LogP contribution in [0.25, 0.3) is 0 Å². The van der Waals surface area contributed by atoms with Gasteiger partial charge in [-0.15, -0.1) is 24.8 Å². The van der Waals surface area contributed by atoms with Crippen LogP contribution in [0.2, 0.25) is 0 Å². The minimum Gasteiger partial charge on any atom is -0.505 e. The quantitative estimate of drug-likeness (QED) is 0.0343. The number of hydrogen-bond donors (Lipinski definition) is 6. The van der Waals surface area contributed by atoms with Crippen molar-refractivity contribution in [2.45, 2.75) is 14.7 Å². The molecule has 26 heteroatoms. The summed E-state index contributed by atoms with van der Waals surface area (Å²) < 4.78 is 95.7. The zero-order valence-electron chi connectivity index (χ0n) is 22.0. The average Bonchev–Trinajstić information content (AvgIpc) is 2.94. The van der Waals surface area contributed by atoms with E-state index >= 15 is 0 Å². The van der Waals surface area contributed by atoms with Crippen LogP contribution in [-0.4, -0.2) is 72.2 Å². The molecule has 46 heavy (non-hydrogen) atoms. The zero-order valence-corrected chi connectivity index (χ0v) is 25.3. The molecule has 0 aliphatic rings. The number of hydrogen-bond acceptors (Lipinski definition) is 20. The molecule has 0 aliphatic carbocycles. The molecule has 0 radical (unpaired) electrons. The highest BCUT2D eigenvalue weighted by Gasteiger charge is 2.25. The highest BCUT2D eigenvalue weighted by molar-refractivity contribution is 7.95. The molecular formula is C20H17N5O17S4. The number of benzene rings is 3. The molecule has 0 heterocycles. The summed E-state index contributed by atoms with van der Waals surface area (Å²) >= 11 is 0.217. The largest absolute Gasteiger partial charge is 0.505 e. The van der Waals surface area contributed by atoms with Gasteiger partial charge in [0, 0.05) is 12.1 Å². The van der Waals surface area contributed by atoms with Crippen molar-refractivity contribution in [2.75, 3.05) is 12.4 Å². The highest BCUT2D eigenvalue weighted by Crippen LogP contribution is 2.46. The first-order valence-electron chi connectivity index (χ1n) is 11.3. The number of non-ortho nitro benzene ring substituents is 1. The molecule has 22 nitrogen and oxygen atoms in total. The van der Waals surface area contributed by atoms with Gasteiger partial charge in [0.25, 0.3) is 15.8 Å². The number of nitro benzene ring substituents is 1. The van der Waals surface area contributed by atoms with Crippen LogP contribution in [0.5, 0.6) is 17.2 Å². The summed E-state index contributed by atoms with van der Waals surface area (Å²) in [6.45, 7) is -0.934. The number of aromatic hydroxyl groups is 3. The molecule has 6 N–H and O–H groups in total. The second-order valence-electron chi connectivity index (χ2n) is 8.17. The number of phenolic OH excluding ortho intramolecular Hbond substituents is 3. The first-order valence-corrected chi connectivity index (χ1v) is 16.5. The molecule has 248 valence electrons. The van der Waals surface area contributed by atoms with Gasteiger partial charge in [-0.25, -0.2) is 17.9 Å². The van der Waals surface area contributed by atoms with Gasteiger partial charge in [0.15, 0.2) is 27.0 Å². The highest BCUT2D eigenvalue weighted by atomic mass is 32.3. The fourth-order valence-electron chi connectivity index (χ4n) is 3.16. The molecule has 0 aromatic heterocycles. The van der Waals surface area contributed by atoms with Gasteiger partial charge in [-0.2, -0.15) is 16.8 Å². The van der Waals surface area contributed by atoms with Crippen LogP contribution < -0.4 is 0 Å². The summed E-state index contributed by atoms with van der Waals surface area (Å²) in [6, 6.07) is 5.82. The Bertz CT molecular complexity index is 2050. The topological polar surface area (TPSA) is 344 Å². The molecule has 0 amide bonds. The summed E-state index contributed by atoms with van der Waals surface area (Å²) in [5.74, 6) is -3.74. The Kier molecular flexibility index (Phi) is 11.3. The fourth-order valence-corrected chi connectivity index (χ4v) is 5.84. The van der Waals surface area contributed by atoms with Gasteiger partial charge in [0.1, 0.15) is 27.7 Å². The molecule has 3 aromatic carbocycles. The Labute approximate surface area is 261 Å². The summed E-state index contributed by atoms with van der Waals surface area (Å²) in [5, 5.41) is 68.6. The third-order valence-electron chi connectivity index (χ3n) is 5.19. The molecule has 0 unspecified atom stereocenters. The Morgan fingerprint density at radius 3 is 2.07 bits per heavy atom. The van der Waals surface area contributed by atoms with Crippen LogP contribution in [0.3, 0.4) is 0 Å². The van der Waals surface area contributed by atoms with Gasteiger partial charge in [-0.1, -0.05) is 5.04 Å². The lowest BCUT2D eigenvalue weighted by Gasteiger charge is -2.08. The van der Waals surface area contributed by atoms with Crippen molar-refractivity contribution in [1.82, 2.24) is 0 Å². The van der Waals surface area contributed by atoms with Gasteiger partial charge >= 0.3 is 10.4 Å². The second-order valence-corrected chi connectivity index (χ2v) is 13.5. The maximum absolute atomic E-state index is 12.5. The maximum Gasteiger partial charge on any atom is 0.397 e. The number of azo groups is 2. The van der Waals surface area contributed by atoms with Crippen molar-refractivity contribution in [3.8, 4) is 17.2 Å². The number of nitro groups is 1. The second kappa shape index (κ2) is 14.4. The molecule has 0 fully saturated rings. The Morgan fingerprint density at radius 2 is 1.46 bits per heavy atom. The van der Waals surface area contributed by atoms with E-state index in [1.807, 2.05) is 0 Å². The van der Waals surface area contributed by atoms with Crippen molar-refractivity contribution in [1.29, 1.82) is 0 Å². The monoisotopic (exact) mass is 727 g/mol. The van der Waals surface area contributed by atoms with Crippen molar-refractivity contribution >= 4 is 70.8 Å². The van der Waals surface area contributed by atoms with E-state index in [1.54, 1.807) is 0 Å². The van der Waals surface area contributed by atoms with Crippen molar-refractivity contribution < 1.29 is 73.4 Å². The molecular weight excluding hydrogens is 711 g/mol. The summed E-state index contributed by atoms with van der Waals surface area (Å²) in [6.07, 6.45) is 0. The first-order chi connectivity index (χ1) is 21.3. The maximum atomic E-state index is 12.5. The van der Waals surface area contributed by atoms with Crippen LogP contribution >= 0.6 is 12.0 Å². The van der Waals surface area contributed by atoms with E-state index in [2.05, 4.69) is 34.0 Å². The summed E-state index contributed by atoms with van der Waals surface area (Å²) in [4.78, 5) is 8.21. The number of sulfone groups is 1. The minimum atomic E-state index is -5.15. The summed E-state index contributed by atoms with van der Waals surface area (Å²) in [7, 11) is -14.3. The molecule has 0 spiro atoms. The van der Waals surface area contributed by atoms with Crippen molar-refractivity contribution in [3.63, 3.8) is 0 Å². The number of phenols is 3. The average molecular weight is 728 g/mol. The van der Waals surface area contributed by atoms with Crippen LogP contribution in [0.15, 0.2) is 77.6 Å². The van der Waals surface area contributed by atoms with Gasteiger partial charge in [0.2, 0.25) is 0 Å². The SMILES string of the molecule is O=[N+]([O-])c1cc(/N=N/c2ccc(O)c(/N=N/c3ccc(S(=O)(=O)CCOS(=O)(=O)O)cc3SOOO)c2O)c(O)c(S(=O)(=O)O)c1. The molecule has 3 aromatic rings. The number of rotatable bonds is 14. The lowest BCUT2D eigenvalue weighted by Crippen LogP contribution is -2.15. The smallest absolute Gasteiger partial charge is 0.397 e. The number of nitrogens with zero attached hydrogens (tertiary/aromatic N) is 5. The van der Waals surface area contributed by atoms with Gasteiger partial charge in [0.05, 0.1) is 39.1 Å². The van der Waals surface area contributed by atoms with E-state index in [1.165, 1.54) is 0 Å². The predicted octanol–water partition coefficient (Wildman–Crippen LogP) is 3.81. The fraction of sp³-hybridized carbons (Fsp3) is 0.100. The van der Waals surface area contributed by atoms with E-state index in [4.69, 9.17) is 9.81 Å². The summed E-state index contributed by atoms with van der Waals surface area (Å²) in [5.41, 5.74) is -3.12. The Balaban J connectivity index is 2.00. The lowest BCUT2D eigenvalue weighted by atomic mass is 10.2. The van der Waals surface area contributed by atoms with Gasteiger partial charge in [-0.3, -0.25) is 19.2 Å². The van der Waals surface area contributed by atoms with Crippen LogP contribution in [0, 0.1) is 10.1 Å². The lowest BCUT2D eigenvalue weighted by molar-refractivity contribution is -0.432. The molecule has 3 rings (SSSR count). The van der Waals surface area contributed by atoms with E-state index in [-0.39, 0.29) is 22.6 Å². The first kappa shape index (κ1) is 36.1. The molecule has 0 atom stereocenters. The van der Waals surface area contributed by atoms with Crippen LogP contribution in [0.4, 0.5) is 28.4 Å². The Hall–Kier alpha value is -4.38. The van der Waals surface area contributed by atoms with E-state index < -0.39 is 97.4 Å².